The normalized spacial score (nSPS) is 11.5. The predicted molar refractivity (Wildman–Crippen MR) is 56.1 cm³/mol. The first kappa shape index (κ1) is 9.07. The predicted octanol–water partition coefficient (Wildman–Crippen LogP) is 2.85. The summed E-state index contributed by atoms with van der Waals surface area (Å²) in [7, 11) is 0. The highest BCUT2D eigenvalue weighted by molar-refractivity contribution is 7.83. The highest BCUT2D eigenvalue weighted by Crippen LogP contribution is 2.00. The number of thiol groups is 1. The molecule has 0 bridgehead atoms. The Bertz CT molecular complexity index is 302. The third kappa shape index (κ3) is 2.93. The summed E-state index contributed by atoms with van der Waals surface area (Å²) in [6.07, 6.45) is 5.71. The maximum absolute atomic E-state index is 4.30. The third-order valence-corrected chi connectivity index (χ3v) is 1.55. The number of aryl methyl sites for hydroxylation is 1. The second-order valence-corrected chi connectivity index (χ2v) is 2.70. The molecule has 0 aromatic carbocycles. The molecule has 1 nitrogen and oxygen atoms in total. The van der Waals surface area contributed by atoms with E-state index in [9.17, 15) is 0 Å². The Morgan fingerprint density at radius 2 is 2.17 bits per heavy atom. The number of rotatable bonds is 2. The van der Waals surface area contributed by atoms with Crippen LogP contribution < -0.4 is 0 Å². The van der Waals surface area contributed by atoms with Gasteiger partial charge in [0, 0.05) is 5.69 Å². The van der Waals surface area contributed by atoms with E-state index in [0.29, 0.717) is 0 Å². The zero-order chi connectivity index (χ0) is 8.81. The summed E-state index contributed by atoms with van der Waals surface area (Å²) in [5.74, 6) is 0. The maximum atomic E-state index is 4.30. The maximum Gasteiger partial charge on any atom is 0.0632 e. The van der Waals surface area contributed by atoms with Crippen molar-refractivity contribution in [2.24, 2.45) is 0 Å². The van der Waals surface area contributed by atoms with E-state index >= 15 is 0 Å². The minimum atomic E-state index is 0.974. The molecule has 2 heteroatoms. The van der Waals surface area contributed by atoms with Crippen molar-refractivity contribution in [3.05, 3.63) is 47.1 Å². The van der Waals surface area contributed by atoms with Gasteiger partial charge in [0.15, 0.2) is 0 Å². The standard InChI is InChI=1S/C10H11NS/c1-9-5-4-7-10(11-9)6-2-3-8-12/h2-8,12H,1H3/b6-2+,8-3-. The van der Waals surface area contributed by atoms with Crippen LogP contribution in [-0.2, 0) is 0 Å². The van der Waals surface area contributed by atoms with Gasteiger partial charge in [0.05, 0.1) is 5.69 Å². The SMILES string of the molecule is Cc1cccc(/C=C/C=C\S)n1. The second-order valence-electron chi connectivity index (χ2n) is 2.40. The van der Waals surface area contributed by atoms with Gasteiger partial charge in [-0.2, -0.15) is 12.6 Å². The Labute approximate surface area is 78.3 Å². The monoisotopic (exact) mass is 177 g/mol. The molecule has 0 atom stereocenters. The van der Waals surface area contributed by atoms with Crippen LogP contribution >= 0.6 is 12.6 Å². The molecule has 0 aliphatic carbocycles. The van der Waals surface area contributed by atoms with E-state index in [-0.39, 0.29) is 0 Å². The van der Waals surface area contributed by atoms with Crippen molar-refractivity contribution in [1.82, 2.24) is 4.98 Å². The smallest absolute Gasteiger partial charge is 0.0632 e. The van der Waals surface area contributed by atoms with Crippen LogP contribution in [0.2, 0.25) is 0 Å². The van der Waals surface area contributed by atoms with Gasteiger partial charge in [0.25, 0.3) is 0 Å². The molecule has 0 spiro atoms. The lowest BCUT2D eigenvalue weighted by Gasteiger charge is -1.92. The largest absolute Gasteiger partial charge is 0.254 e. The topological polar surface area (TPSA) is 12.9 Å². The molecule has 0 aliphatic heterocycles. The average molecular weight is 177 g/mol. The van der Waals surface area contributed by atoms with Crippen LogP contribution in [0.25, 0.3) is 6.08 Å². The van der Waals surface area contributed by atoms with Gasteiger partial charge in [-0.3, -0.25) is 4.98 Å². The van der Waals surface area contributed by atoms with E-state index in [4.69, 9.17) is 0 Å². The summed E-state index contributed by atoms with van der Waals surface area (Å²) in [6, 6.07) is 5.94. The van der Waals surface area contributed by atoms with Gasteiger partial charge in [0.2, 0.25) is 0 Å². The van der Waals surface area contributed by atoms with Crippen LogP contribution in [0.5, 0.6) is 0 Å². The number of aromatic nitrogens is 1. The Morgan fingerprint density at radius 3 is 2.83 bits per heavy atom. The van der Waals surface area contributed by atoms with Crippen molar-refractivity contribution >= 4 is 18.7 Å². The number of pyridine rings is 1. The van der Waals surface area contributed by atoms with Crippen LogP contribution in [0.3, 0.4) is 0 Å². The van der Waals surface area contributed by atoms with Crippen molar-refractivity contribution in [2.45, 2.75) is 6.92 Å². The van der Waals surface area contributed by atoms with Gasteiger partial charge in [-0.25, -0.2) is 0 Å². The highest BCUT2D eigenvalue weighted by Gasteiger charge is 1.86. The molecule has 0 saturated heterocycles. The summed E-state index contributed by atoms with van der Waals surface area (Å²) >= 11 is 3.94. The van der Waals surface area contributed by atoms with Gasteiger partial charge in [0.1, 0.15) is 0 Å². The van der Waals surface area contributed by atoms with E-state index in [2.05, 4.69) is 17.6 Å². The Balaban J connectivity index is 2.76. The highest BCUT2D eigenvalue weighted by atomic mass is 32.1. The lowest BCUT2D eigenvalue weighted by atomic mass is 10.3. The third-order valence-electron chi connectivity index (χ3n) is 1.37. The Morgan fingerprint density at radius 1 is 1.33 bits per heavy atom. The lowest BCUT2D eigenvalue weighted by Crippen LogP contribution is -1.82. The first-order valence-electron chi connectivity index (χ1n) is 3.74. The van der Waals surface area contributed by atoms with Gasteiger partial charge >= 0.3 is 0 Å². The van der Waals surface area contributed by atoms with E-state index in [1.165, 1.54) is 0 Å². The van der Waals surface area contributed by atoms with Crippen molar-refractivity contribution in [3.63, 3.8) is 0 Å². The fourth-order valence-corrected chi connectivity index (χ4v) is 0.960. The molecular formula is C10H11NS. The molecule has 12 heavy (non-hydrogen) atoms. The first-order chi connectivity index (χ1) is 5.83. The molecule has 1 aromatic heterocycles. The van der Waals surface area contributed by atoms with E-state index in [0.717, 1.165) is 11.4 Å². The molecule has 1 aromatic rings. The molecule has 0 radical (unpaired) electrons. The molecule has 0 amide bonds. The fraction of sp³-hybridized carbons (Fsp3) is 0.100. The van der Waals surface area contributed by atoms with Crippen molar-refractivity contribution in [3.8, 4) is 0 Å². The lowest BCUT2D eigenvalue weighted by molar-refractivity contribution is 1.18. The van der Waals surface area contributed by atoms with E-state index in [1.54, 1.807) is 5.41 Å². The molecule has 1 heterocycles. The van der Waals surface area contributed by atoms with Gasteiger partial charge < -0.3 is 0 Å². The molecule has 0 N–H and O–H groups in total. The van der Waals surface area contributed by atoms with Gasteiger partial charge in [-0.05, 0) is 30.5 Å². The van der Waals surface area contributed by atoms with Crippen LogP contribution in [0.1, 0.15) is 11.4 Å². The molecule has 62 valence electrons. The number of hydrogen-bond acceptors (Lipinski definition) is 2. The summed E-state index contributed by atoms with van der Waals surface area (Å²) in [5, 5.41) is 1.69. The Hall–Kier alpha value is -1.02. The zero-order valence-corrected chi connectivity index (χ0v) is 7.83. The van der Waals surface area contributed by atoms with E-state index < -0.39 is 0 Å². The number of nitrogens with zero attached hydrogens (tertiary/aromatic N) is 1. The first-order valence-corrected chi connectivity index (χ1v) is 4.25. The fourth-order valence-electron chi connectivity index (χ4n) is 0.861. The van der Waals surface area contributed by atoms with Crippen LogP contribution in [0, 0.1) is 6.92 Å². The van der Waals surface area contributed by atoms with Crippen LogP contribution in [0.15, 0.2) is 35.8 Å². The molecule has 0 saturated carbocycles. The molecular weight excluding hydrogens is 166 g/mol. The summed E-state index contributed by atoms with van der Waals surface area (Å²) in [4.78, 5) is 4.30. The number of hydrogen-bond donors (Lipinski definition) is 1. The molecule has 0 unspecified atom stereocenters. The van der Waals surface area contributed by atoms with Gasteiger partial charge in [-0.1, -0.05) is 18.2 Å². The molecule has 1 rings (SSSR count). The second kappa shape index (κ2) is 4.78. The summed E-state index contributed by atoms with van der Waals surface area (Å²) in [5.41, 5.74) is 2.01. The minimum absolute atomic E-state index is 0.974. The summed E-state index contributed by atoms with van der Waals surface area (Å²) in [6.45, 7) is 1.98. The average Bonchev–Trinajstić information content (AvgIpc) is 2.05. The van der Waals surface area contributed by atoms with Crippen LogP contribution in [0.4, 0.5) is 0 Å². The van der Waals surface area contributed by atoms with Crippen molar-refractivity contribution < 1.29 is 0 Å². The van der Waals surface area contributed by atoms with Gasteiger partial charge in [-0.15, -0.1) is 0 Å². The van der Waals surface area contributed by atoms with E-state index in [1.807, 2.05) is 43.4 Å². The number of allylic oxidation sites excluding steroid dienone is 2. The minimum Gasteiger partial charge on any atom is -0.254 e. The van der Waals surface area contributed by atoms with Crippen molar-refractivity contribution in [1.29, 1.82) is 0 Å². The summed E-state index contributed by atoms with van der Waals surface area (Å²) < 4.78 is 0. The Kier molecular flexibility index (Phi) is 3.61. The molecule has 0 aliphatic rings. The zero-order valence-electron chi connectivity index (χ0n) is 6.94. The molecule has 0 fully saturated rings. The van der Waals surface area contributed by atoms with Crippen molar-refractivity contribution in [2.75, 3.05) is 0 Å². The van der Waals surface area contributed by atoms with Crippen LogP contribution in [-0.4, -0.2) is 4.98 Å². The quantitative estimate of drug-likeness (QED) is 0.541.